The van der Waals surface area contributed by atoms with Gasteiger partial charge in [-0.3, -0.25) is 4.79 Å². The molecule has 1 rings (SSSR count). The number of aromatic nitrogens is 1. The van der Waals surface area contributed by atoms with Crippen LogP contribution in [0.2, 0.25) is 0 Å². The number of carbonyl (C=O) groups excluding carboxylic acids is 1. The fraction of sp³-hybridized carbons (Fsp3) is 0.333. The summed E-state index contributed by atoms with van der Waals surface area (Å²) in [7, 11) is 0. The molecule has 13 heavy (non-hydrogen) atoms. The molecular formula is C9H11FN2O. The quantitative estimate of drug-likeness (QED) is 0.726. The summed E-state index contributed by atoms with van der Waals surface area (Å²) in [6.45, 7) is 1.90. The normalized spacial score (nSPS) is 9.69. The van der Waals surface area contributed by atoms with Crippen LogP contribution < -0.4 is 5.32 Å². The molecule has 0 bridgehead atoms. The third-order valence-electron chi connectivity index (χ3n) is 1.46. The van der Waals surface area contributed by atoms with Crippen molar-refractivity contribution in [3.05, 3.63) is 24.1 Å². The van der Waals surface area contributed by atoms with Crippen LogP contribution in [-0.4, -0.2) is 10.9 Å². The minimum Gasteiger partial charge on any atom is -0.311 e. The Hall–Kier alpha value is -1.45. The second-order valence-corrected chi connectivity index (χ2v) is 2.64. The van der Waals surface area contributed by atoms with Gasteiger partial charge in [0.15, 0.2) is 0 Å². The molecule has 0 spiro atoms. The lowest BCUT2D eigenvalue weighted by Crippen LogP contribution is -2.11. The Morgan fingerprint density at radius 3 is 3.00 bits per heavy atom. The van der Waals surface area contributed by atoms with E-state index >= 15 is 0 Å². The molecule has 0 unspecified atom stereocenters. The van der Waals surface area contributed by atoms with E-state index in [0.717, 1.165) is 6.42 Å². The SMILES string of the molecule is CCCC(=O)Nc1cccc(F)n1. The number of nitrogens with one attached hydrogen (secondary N) is 1. The van der Waals surface area contributed by atoms with Crippen molar-refractivity contribution in [2.45, 2.75) is 19.8 Å². The van der Waals surface area contributed by atoms with E-state index < -0.39 is 5.95 Å². The molecule has 3 nitrogen and oxygen atoms in total. The van der Waals surface area contributed by atoms with Gasteiger partial charge in [-0.1, -0.05) is 13.0 Å². The molecule has 0 fully saturated rings. The van der Waals surface area contributed by atoms with Crippen molar-refractivity contribution >= 4 is 11.7 Å². The van der Waals surface area contributed by atoms with E-state index in [2.05, 4.69) is 10.3 Å². The van der Waals surface area contributed by atoms with E-state index in [1.807, 2.05) is 6.92 Å². The summed E-state index contributed by atoms with van der Waals surface area (Å²) in [6.07, 6.45) is 1.19. The zero-order valence-corrected chi connectivity index (χ0v) is 7.38. The molecule has 0 aromatic carbocycles. The number of pyridine rings is 1. The predicted molar refractivity (Wildman–Crippen MR) is 47.7 cm³/mol. The molecule has 1 N–H and O–H groups in total. The maximum atomic E-state index is 12.5. The average molecular weight is 182 g/mol. The van der Waals surface area contributed by atoms with Crippen molar-refractivity contribution in [2.24, 2.45) is 0 Å². The number of halogens is 1. The summed E-state index contributed by atoms with van der Waals surface area (Å²) in [5.41, 5.74) is 0. The molecule has 0 aliphatic heterocycles. The van der Waals surface area contributed by atoms with Gasteiger partial charge < -0.3 is 5.32 Å². The van der Waals surface area contributed by atoms with Crippen LogP contribution in [0.1, 0.15) is 19.8 Å². The Kier molecular flexibility index (Phi) is 3.37. The topological polar surface area (TPSA) is 42.0 Å². The summed E-state index contributed by atoms with van der Waals surface area (Å²) in [6, 6.07) is 4.29. The highest BCUT2D eigenvalue weighted by molar-refractivity contribution is 5.89. The lowest BCUT2D eigenvalue weighted by Gasteiger charge is -2.01. The van der Waals surface area contributed by atoms with Crippen LogP contribution in [0.4, 0.5) is 10.2 Å². The van der Waals surface area contributed by atoms with Crippen LogP contribution in [0.15, 0.2) is 18.2 Å². The van der Waals surface area contributed by atoms with E-state index in [9.17, 15) is 9.18 Å². The van der Waals surface area contributed by atoms with Crippen LogP contribution in [0.5, 0.6) is 0 Å². The van der Waals surface area contributed by atoms with Crippen LogP contribution in [0, 0.1) is 5.95 Å². The Balaban J connectivity index is 2.58. The fourth-order valence-electron chi connectivity index (χ4n) is 0.910. The van der Waals surface area contributed by atoms with Gasteiger partial charge in [-0.15, -0.1) is 0 Å². The Bertz CT molecular complexity index is 301. The maximum Gasteiger partial charge on any atom is 0.225 e. The number of nitrogens with zero attached hydrogens (tertiary/aromatic N) is 1. The number of amides is 1. The molecule has 1 aromatic rings. The van der Waals surface area contributed by atoms with Crippen molar-refractivity contribution < 1.29 is 9.18 Å². The van der Waals surface area contributed by atoms with Gasteiger partial charge in [0.25, 0.3) is 0 Å². The monoisotopic (exact) mass is 182 g/mol. The summed E-state index contributed by atoms with van der Waals surface area (Å²) in [4.78, 5) is 14.5. The first kappa shape index (κ1) is 9.64. The Morgan fingerprint density at radius 1 is 1.62 bits per heavy atom. The molecule has 1 aromatic heterocycles. The van der Waals surface area contributed by atoms with E-state index in [1.165, 1.54) is 12.1 Å². The molecule has 0 aliphatic carbocycles. The predicted octanol–water partition coefficient (Wildman–Crippen LogP) is 1.96. The second-order valence-electron chi connectivity index (χ2n) is 2.64. The molecule has 70 valence electrons. The molecule has 1 heterocycles. The van der Waals surface area contributed by atoms with Crippen molar-refractivity contribution in [1.82, 2.24) is 4.98 Å². The standard InChI is InChI=1S/C9H11FN2O/c1-2-4-9(13)12-8-6-3-5-7(10)11-8/h3,5-6H,2,4H2,1H3,(H,11,12,13). The number of anilines is 1. The minimum absolute atomic E-state index is 0.138. The summed E-state index contributed by atoms with van der Waals surface area (Å²) >= 11 is 0. The highest BCUT2D eigenvalue weighted by Crippen LogP contribution is 2.04. The van der Waals surface area contributed by atoms with Gasteiger partial charge in [0, 0.05) is 6.42 Å². The van der Waals surface area contributed by atoms with Crippen molar-refractivity contribution in [3.63, 3.8) is 0 Å². The van der Waals surface area contributed by atoms with Crippen LogP contribution in [0.3, 0.4) is 0 Å². The molecule has 4 heteroatoms. The van der Waals surface area contributed by atoms with E-state index in [0.29, 0.717) is 6.42 Å². The van der Waals surface area contributed by atoms with Gasteiger partial charge in [-0.25, -0.2) is 4.98 Å². The highest BCUT2D eigenvalue weighted by Gasteiger charge is 2.01. The van der Waals surface area contributed by atoms with E-state index in [1.54, 1.807) is 6.07 Å². The summed E-state index contributed by atoms with van der Waals surface area (Å²) in [5.74, 6) is -0.464. The fourth-order valence-corrected chi connectivity index (χ4v) is 0.910. The number of hydrogen-bond acceptors (Lipinski definition) is 2. The van der Waals surface area contributed by atoms with Crippen LogP contribution >= 0.6 is 0 Å². The van der Waals surface area contributed by atoms with Crippen molar-refractivity contribution in [2.75, 3.05) is 5.32 Å². The third kappa shape index (κ3) is 3.19. The smallest absolute Gasteiger partial charge is 0.225 e. The third-order valence-corrected chi connectivity index (χ3v) is 1.46. The number of hydrogen-bond donors (Lipinski definition) is 1. The van der Waals surface area contributed by atoms with Gasteiger partial charge in [0.2, 0.25) is 11.9 Å². The van der Waals surface area contributed by atoms with Crippen molar-refractivity contribution in [1.29, 1.82) is 0 Å². The first-order valence-electron chi connectivity index (χ1n) is 4.14. The molecule has 0 aliphatic rings. The van der Waals surface area contributed by atoms with E-state index in [4.69, 9.17) is 0 Å². The number of carbonyl (C=O) groups is 1. The van der Waals surface area contributed by atoms with E-state index in [-0.39, 0.29) is 11.7 Å². The molecule has 0 atom stereocenters. The second kappa shape index (κ2) is 4.54. The van der Waals surface area contributed by atoms with Gasteiger partial charge in [-0.05, 0) is 18.6 Å². The average Bonchev–Trinajstić information content (AvgIpc) is 2.04. The molecule has 0 radical (unpaired) electrons. The van der Waals surface area contributed by atoms with Crippen molar-refractivity contribution in [3.8, 4) is 0 Å². The molecule has 0 saturated carbocycles. The van der Waals surface area contributed by atoms with Gasteiger partial charge >= 0.3 is 0 Å². The van der Waals surface area contributed by atoms with Gasteiger partial charge in [0.1, 0.15) is 5.82 Å². The number of rotatable bonds is 3. The molecule has 1 amide bonds. The van der Waals surface area contributed by atoms with Crippen LogP contribution in [0.25, 0.3) is 0 Å². The molecular weight excluding hydrogens is 171 g/mol. The largest absolute Gasteiger partial charge is 0.311 e. The lowest BCUT2D eigenvalue weighted by atomic mass is 10.3. The summed E-state index contributed by atoms with van der Waals surface area (Å²) in [5, 5.41) is 2.49. The highest BCUT2D eigenvalue weighted by atomic mass is 19.1. The van der Waals surface area contributed by atoms with Crippen LogP contribution in [-0.2, 0) is 4.79 Å². The molecule has 0 saturated heterocycles. The maximum absolute atomic E-state index is 12.5. The first-order valence-corrected chi connectivity index (χ1v) is 4.14. The Labute approximate surface area is 76.0 Å². The lowest BCUT2D eigenvalue weighted by molar-refractivity contribution is -0.116. The zero-order chi connectivity index (χ0) is 9.68. The zero-order valence-electron chi connectivity index (χ0n) is 7.38. The minimum atomic E-state index is -0.589. The Morgan fingerprint density at radius 2 is 2.38 bits per heavy atom. The van der Waals surface area contributed by atoms with Gasteiger partial charge in [0.05, 0.1) is 0 Å². The van der Waals surface area contributed by atoms with Gasteiger partial charge in [-0.2, -0.15) is 4.39 Å². The first-order chi connectivity index (χ1) is 6.22. The summed E-state index contributed by atoms with van der Waals surface area (Å²) < 4.78 is 12.5.